The van der Waals surface area contributed by atoms with E-state index in [0.717, 1.165) is 17.7 Å². The number of anilines is 1. The van der Waals surface area contributed by atoms with Crippen LogP contribution in [-0.4, -0.2) is 24.5 Å². The summed E-state index contributed by atoms with van der Waals surface area (Å²) in [5.41, 5.74) is 2.32. The first-order chi connectivity index (χ1) is 9.02. The Balaban J connectivity index is 2.22. The molecule has 0 spiro atoms. The summed E-state index contributed by atoms with van der Waals surface area (Å²) in [7, 11) is 0. The molecule has 4 nitrogen and oxygen atoms in total. The van der Waals surface area contributed by atoms with Gasteiger partial charge >= 0.3 is 5.97 Å². The lowest BCUT2D eigenvalue weighted by Gasteiger charge is -2.14. The Hall–Kier alpha value is -2.28. The molecule has 4 heteroatoms. The third kappa shape index (κ3) is 2.60. The molecule has 19 heavy (non-hydrogen) atoms. The Kier molecular flexibility index (Phi) is 3.57. The van der Waals surface area contributed by atoms with E-state index in [1.807, 2.05) is 0 Å². The van der Waals surface area contributed by atoms with Crippen molar-refractivity contribution in [3.63, 3.8) is 0 Å². The summed E-state index contributed by atoms with van der Waals surface area (Å²) in [6.07, 6.45) is 5.37. The number of esters is 1. The Morgan fingerprint density at radius 1 is 1.47 bits per heavy atom. The predicted octanol–water partition coefficient (Wildman–Crippen LogP) is 1.77. The average molecular weight is 257 g/mol. The van der Waals surface area contributed by atoms with Crippen molar-refractivity contribution >= 4 is 17.6 Å². The Morgan fingerprint density at radius 2 is 2.21 bits per heavy atom. The highest BCUT2D eigenvalue weighted by molar-refractivity contribution is 5.96. The van der Waals surface area contributed by atoms with Gasteiger partial charge in [-0.15, -0.1) is 6.42 Å². The number of carbonyl (C=O) groups is 2. The lowest BCUT2D eigenvalue weighted by atomic mass is 10.1. The molecule has 0 fully saturated rings. The molecule has 0 aliphatic carbocycles. The van der Waals surface area contributed by atoms with Crippen LogP contribution in [0.15, 0.2) is 18.2 Å². The molecule has 1 aliphatic heterocycles. The molecule has 0 radical (unpaired) electrons. The van der Waals surface area contributed by atoms with Crippen LogP contribution in [0.5, 0.6) is 0 Å². The zero-order chi connectivity index (χ0) is 14.0. The lowest BCUT2D eigenvalue weighted by Crippen LogP contribution is -2.25. The number of benzene rings is 1. The lowest BCUT2D eigenvalue weighted by molar-refractivity contribution is -0.116. The smallest absolute Gasteiger partial charge is 0.339 e. The fraction of sp³-hybridized carbons (Fsp3) is 0.333. The molecule has 0 saturated heterocycles. The van der Waals surface area contributed by atoms with Gasteiger partial charge < -0.3 is 9.64 Å². The normalized spacial score (nSPS) is 14.5. The molecule has 1 aliphatic rings. The van der Waals surface area contributed by atoms with Crippen LogP contribution in [0.4, 0.5) is 5.69 Å². The number of carbonyl (C=O) groups excluding carboxylic acids is 2. The van der Waals surface area contributed by atoms with Gasteiger partial charge in [-0.25, -0.2) is 4.79 Å². The number of amides is 1. The van der Waals surface area contributed by atoms with Crippen LogP contribution in [0.25, 0.3) is 0 Å². The molecular formula is C15H15NO3. The van der Waals surface area contributed by atoms with E-state index < -0.39 is 12.1 Å². The van der Waals surface area contributed by atoms with Crippen LogP contribution in [0.2, 0.25) is 0 Å². The fourth-order valence-corrected chi connectivity index (χ4v) is 2.12. The summed E-state index contributed by atoms with van der Waals surface area (Å²) in [6, 6.07) is 5.20. The third-order valence-electron chi connectivity index (χ3n) is 3.11. The van der Waals surface area contributed by atoms with Crippen LogP contribution in [0, 0.1) is 12.3 Å². The molecule has 1 unspecified atom stereocenters. The van der Waals surface area contributed by atoms with E-state index in [4.69, 9.17) is 11.2 Å². The largest absolute Gasteiger partial charge is 0.446 e. The van der Waals surface area contributed by atoms with Crippen molar-refractivity contribution in [2.45, 2.75) is 26.4 Å². The molecule has 1 aromatic carbocycles. The second kappa shape index (κ2) is 5.15. The van der Waals surface area contributed by atoms with Crippen LogP contribution < -0.4 is 4.90 Å². The van der Waals surface area contributed by atoms with Gasteiger partial charge in [0.05, 0.1) is 5.56 Å². The van der Waals surface area contributed by atoms with E-state index in [1.54, 1.807) is 30.0 Å². The van der Waals surface area contributed by atoms with Gasteiger partial charge in [0, 0.05) is 19.2 Å². The van der Waals surface area contributed by atoms with Gasteiger partial charge in [-0.2, -0.15) is 0 Å². The van der Waals surface area contributed by atoms with Crippen LogP contribution in [0.1, 0.15) is 29.8 Å². The van der Waals surface area contributed by atoms with Crippen molar-refractivity contribution in [1.29, 1.82) is 0 Å². The quantitative estimate of drug-likeness (QED) is 0.599. The van der Waals surface area contributed by atoms with Crippen molar-refractivity contribution < 1.29 is 14.3 Å². The maximum absolute atomic E-state index is 11.8. The molecule has 0 aromatic heterocycles. The minimum atomic E-state index is -0.547. The number of fused-ring (bicyclic) bond motifs is 1. The van der Waals surface area contributed by atoms with Gasteiger partial charge in [-0.3, -0.25) is 4.79 Å². The first kappa shape index (κ1) is 13.2. The summed E-state index contributed by atoms with van der Waals surface area (Å²) in [5, 5.41) is 0. The summed E-state index contributed by atoms with van der Waals surface area (Å²) >= 11 is 0. The Labute approximate surface area is 112 Å². The number of nitrogens with zero attached hydrogens (tertiary/aromatic N) is 1. The van der Waals surface area contributed by atoms with Crippen molar-refractivity contribution in [1.82, 2.24) is 0 Å². The number of hydrogen-bond acceptors (Lipinski definition) is 3. The molecule has 1 heterocycles. The molecule has 0 saturated carbocycles. The molecule has 1 atom stereocenters. The molecule has 2 rings (SSSR count). The summed E-state index contributed by atoms with van der Waals surface area (Å²) in [6.45, 7) is 3.83. The van der Waals surface area contributed by atoms with Gasteiger partial charge in [0.2, 0.25) is 5.91 Å². The number of ether oxygens (including phenoxy) is 1. The highest BCUT2D eigenvalue weighted by Gasteiger charge is 2.23. The van der Waals surface area contributed by atoms with E-state index in [9.17, 15) is 9.59 Å². The number of rotatable bonds is 2. The first-order valence-electron chi connectivity index (χ1n) is 6.11. The highest BCUT2D eigenvalue weighted by Crippen LogP contribution is 2.29. The second-order valence-corrected chi connectivity index (χ2v) is 4.48. The SMILES string of the molecule is C#CC(C)OC(=O)c1ccc2c(c1)CCN2C(C)=O. The molecule has 0 bridgehead atoms. The Bertz CT molecular complexity index is 571. The minimum absolute atomic E-state index is 0.00929. The zero-order valence-corrected chi connectivity index (χ0v) is 11.0. The standard InChI is InChI=1S/C15H15NO3/c1-4-10(2)19-15(18)13-5-6-14-12(9-13)7-8-16(14)11(3)17/h1,5-6,9-10H,7-8H2,2-3H3. The van der Waals surface area contributed by atoms with E-state index in [-0.39, 0.29) is 5.91 Å². The molecule has 98 valence electrons. The van der Waals surface area contributed by atoms with Gasteiger partial charge in [-0.1, -0.05) is 5.92 Å². The van der Waals surface area contributed by atoms with Gasteiger partial charge in [0.15, 0.2) is 6.10 Å². The number of terminal acetylenes is 1. The average Bonchev–Trinajstić information content (AvgIpc) is 2.81. The van der Waals surface area contributed by atoms with E-state index in [1.165, 1.54) is 6.92 Å². The zero-order valence-electron chi connectivity index (χ0n) is 11.0. The van der Waals surface area contributed by atoms with Crippen molar-refractivity contribution in [3.8, 4) is 12.3 Å². The van der Waals surface area contributed by atoms with Gasteiger partial charge in [-0.05, 0) is 37.1 Å². The molecular weight excluding hydrogens is 242 g/mol. The fourth-order valence-electron chi connectivity index (χ4n) is 2.12. The van der Waals surface area contributed by atoms with E-state index in [2.05, 4.69) is 5.92 Å². The summed E-state index contributed by atoms with van der Waals surface area (Å²) < 4.78 is 5.06. The van der Waals surface area contributed by atoms with E-state index in [0.29, 0.717) is 12.1 Å². The third-order valence-corrected chi connectivity index (χ3v) is 3.11. The maximum Gasteiger partial charge on any atom is 0.339 e. The monoisotopic (exact) mass is 257 g/mol. The summed E-state index contributed by atoms with van der Waals surface area (Å²) in [4.78, 5) is 25.0. The predicted molar refractivity (Wildman–Crippen MR) is 71.9 cm³/mol. The molecule has 1 aromatic rings. The van der Waals surface area contributed by atoms with Crippen LogP contribution >= 0.6 is 0 Å². The van der Waals surface area contributed by atoms with Gasteiger partial charge in [0.25, 0.3) is 0 Å². The van der Waals surface area contributed by atoms with Crippen LogP contribution in [-0.2, 0) is 16.0 Å². The second-order valence-electron chi connectivity index (χ2n) is 4.48. The maximum atomic E-state index is 11.8. The highest BCUT2D eigenvalue weighted by atomic mass is 16.5. The number of hydrogen-bond donors (Lipinski definition) is 0. The van der Waals surface area contributed by atoms with Crippen molar-refractivity contribution in [2.24, 2.45) is 0 Å². The van der Waals surface area contributed by atoms with Gasteiger partial charge in [0.1, 0.15) is 0 Å². The van der Waals surface area contributed by atoms with Crippen molar-refractivity contribution in [3.05, 3.63) is 29.3 Å². The van der Waals surface area contributed by atoms with Crippen LogP contribution in [0.3, 0.4) is 0 Å². The first-order valence-corrected chi connectivity index (χ1v) is 6.11. The summed E-state index contributed by atoms with van der Waals surface area (Å²) in [5.74, 6) is 1.92. The van der Waals surface area contributed by atoms with Crippen molar-refractivity contribution in [2.75, 3.05) is 11.4 Å². The van der Waals surface area contributed by atoms with E-state index >= 15 is 0 Å². The topological polar surface area (TPSA) is 46.6 Å². The molecule has 0 N–H and O–H groups in total. The Morgan fingerprint density at radius 3 is 2.84 bits per heavy atom. The minimum Gasteiger partial charge on any atom is -0.446 e. The molecule has 1 amide bonds.